The molecule has 0 heterocycles. The van der Waals surface area contributed by atoms with Gasteiger partial charge in [0.1, 0.15) is 6.79 Å². The Balaban J connectivity index is 3.09. The van der Waals surface area contributed by atoms with Crippen LogP contribution in [0.2, 0.25) is 0 Å². The third-order valence-corrected chi connectivity index (χ3v) is 4.54. The molecule has 0 rings (SSSR count). The summed E-state index contributed by atoms with van der Waals surface area (Å²) in [7, 11) is 0. The first kappa shape index (κ1) is 25.4. The fourth-order valence-electron chi connectivity index (χ4n) is 2.81. The quantitative estimate of drug-likeness (QED) is 0.116. The van der Waals surface area contributed by atoms with Crippen molar-refractivity contribution >= 4 is 0 Å². The predicted octanol–water partition coefficient (Wildman–Crippen LogP) is 7.98. The molecule has 0 unspecified atom stereocenters. The highest BCUT2D eigenvalue weighted by molar-refractivity contribution is 4.82. The molecule has 0 saturated carbocycles. The minimum Gasteiger partial charge on any atom is -0.355 e. The molecule has 0 atom stereocenters. The van der Waals surface area contributed by atoms with E-state index in [1.807, 2.05) is 0 Å². The van der Waals surface area contributed by atoms with E-state index >= 15 is 0 Å². The van der Waals surface area contributed by atoms with E-state index in [4.69, 9.17) is 9.47 Å². The van der Waals surface area contributed by atoms with Gasteiger partial charge in [-0.25, -0.2) is 0 Å². The smallest absolute Gasteiger partial charge is 0.146 e. The van der Waals surface area contributed by atoms with Gasteiger partial charge in [0.25, 0.3) is 0 Å². The van der Waals surface area contributed by atoms with Gasteiger partial charge in [0.05, 0.1) is 6.61 Å². The van der Waals surface area contributed by atoms with Crippen LogP contribution < -0.4 is 0 Å². The molecule has 0 aromatic carbocycles. The van der Waals surface area contributed by atoms with Crippen LogP contribution in [0.3, 0.4) is 0 Å². The molecule has 2 heteroatoms. The summed E-state index contributed by atoms with van der Waals surface area (Å²) in [6.07, 6.45) is 28.6. The molecular weight excluding hydrogens is 320 g/mol. The largest absolute Gasteiger partial charge is 0.355 e. The molecule has 0 bridgehead atoms. The molecule has 0 aliphatic rings. The van der Waals surface area contributed by atoms with Gasteiger partial charge >= 0.3 is 0 Å². The maximum absolute atomic E-state index is 5.45. The highest BCUT2D eigenvalue weighted by Gasteiger charge is 1.91. The summed E-state index contributed by atoms with van der Waals surface area (Å²) in [6.45, 7) is 6.52. The van der Waals surface area contributed by atoms with Crippen molar-refractivity contribution in [2.75, 3.05) is 20.0 Å². The zero-order valence-electron chi connectivity index (χ0n) is 17.9. The lowest BCUT2D eigenvalue weighted by molar-refractivity contribution is -0.0531. The van der Waals surface area contributed by atoms with E-state index in [0.717, 1.165) is 26.1 Å². The van der Waals surface area contributed by atoms with Gasteiger partial charge in [-0.05, 0) is 44.9 Å². The number of hydrogen-bond acceptors (Lipinski definition) is 2. The Labute approximate surface area is 164 Å². The Morgan fingerprint density at radius 3 is 1.58 bits per heavy atom. The lowest BCUT2D eigenvalue weighted by Gasteiger charge is -2.04. The number of rotatable bonds is 21. The van der Waals surface area contributed by atoms with Crippen LogP contribution in [0, 0.1) is 0 Å². The van der Waals surface area contributed by atoms with Crippen molar-refractivity contribution < 1.29 is 9.47 Å². The van der Waals surface area contributed by atoms with E-state index in [9.17, 15) is 0 Å². The summed E-state index contributed by atoms with van der Waals surface area (Å²) in [4.78, 5) is 0. The van der Waals surface area contributed by atoms with Crippen LogP contribution in [0.4, 0.5) is 0 Å². The Morgan fingerprint density at radius 1 is 0.462 bits per heavy atom. The maximum atomic E-state index is 5.45. The van der Waals surface area contributed by atoms with Crippen molar-refractivity contribution in [1.29, 1.82) is 0 Å². The topological polar surface area (TPSA) is 18.5 Å². The zero-order chi connectivity index (χ0) is 19.0. The standard InChI is InChI=1S/C24H46O2/c1-3-5-7-8-9-10-11-12-13-14-15-16-17-18-19-21-23-26-24-25-22-20-6-4-2/h8-9,18-19H,3-7,10-17,20-24H2,1-2H3/b9-8+,19-18+. The number of ether oxygens (including phenoxy) is 2. The Kier molecular flexibility index (Phi) is 23.8. The zero-order valence-corrected chi connectivity index (χ0v) is 17.9. The highest BCUT2D eigenvalue weighted by atomic mass is 16.7. The maximum Gasteiger partial charge on any atom is 0.146 e. The molecule has 0 fully saturated rings. The second-order valence-electron chi connectivity index (χ2n) is 7.21. The second-order valence-corrected chi connectivity index (χ2v) is 7.21. The SMILES string of the molecule is CCCC/C=C/CCCCCCCC/C=C/CCOCOCCCCC. The molecule has 0 aromatic rings. The molecule has 0 N–H and O–H groups in total. The predicted molar refractivity (Wildman–Crippen MR) is 116 cm³/mol. The van der Waals surface area contributed by atoms with Crippen LogP contribution in [0.5, 0.6) is 0 Å². The van der Waals surface area contributed by atoms with Crippen molar-refractivity contribution in [3.05, 3.63) is 24.3 Å². The van der Waals surface area contributed by atoms with Crippen LogP contribution in [-0.4, -0.2) is 20.0 Å². The highest BCUT2D eigenvalue weighted by Crippen LogP contribution is 2.09. The Morgan fingerprint density at radius 2 is 0.962 bits per heavy atom. The summed E-state index contributed by atoms with van der Waals surface area (Å²) in [5.41, 5.74) is 0. The van der Waals surface area contributed by atoms with Crippen LogP contribution >= 0.6 is 0 Å². The number of hydrogen-bond donors (Lipinski definition) is 0. The number of unbranched alkanes of at least 4 members (excludes halogenated alkanes) is 11. The minimum absolute atomic E-state index is 0.450. The monoisotopic (exact) mass is 366 g/mol. The molecule has 0 saturated heterocycles. The van der Waals surface area contributed by atoms with Gasteiger partial charge in [0, 0.05) is 6.61 Å². The summed E-state index contributed by atoms with van der Waals surface area (Å²) in [6, 6.07) is 0. The first-order chi connectivity index (χ1) is 12.9. The van der Waals surface area contributed by atoms with Gasteiger partial charge in [0.15, 0.2) is 0 Å². The first-order valence-corrected chi connectivity index (χ1v) is 11.4. The molecule has 0 amide bonds. The van der Waals surface area contributed by atoms with E-state index in [-0.39, 0.29) is 0 Å². The van der Waals surface area contributed by atoms with E-state index in [1.165, 1.54) is 83.5 Å². The summed E-state index contributed by atoms with van der Waals surface area (Å²) in [5.74, 6) is 0. The van der Waals surface area contributed by atoms with Gasteiger partial charge in [-0.2, -0.15) is 0 Å². The summed E-state index contributed by atoms with van der Waals surface area (Å²) in [5, 5.41) is 0. The fourth-order valence-corrected chi connectivity index (χ4v) is 2.81. The van der Waals surface area contributed by atoms with Crippen molar-refractivity contribution in [2.24, 2.45) is 0 Å². The van der Waals surface area contributed by atoms with E-state index < -0.39 is 0 Å². The van der Waals surface area contributed by atoms with Gasteiger partial charge < -0.3 is 9.47 Å². The summed E-state index contributed by atoms with van der Waals surface area (Å²) < 4.78 is 10.9. The molecule has 154 valence electrons. The third kappa shape index (κ3) is 23.4. The van der Waals surface area contributed by atoms with Crippen LogP contribution in [0.25, 0.3) is 0 Å². The van der Waals surface area contributed by atoms with E-state index in [2.05, 4.69) is 38.2 Å². The minimum atomic E-state index is 0.450. The van der Waals surface area contributed by atoms with Crippen LogP contribution in [0.1, 0.15) is 110 Å². The van der Waals surface area contributed by atoms with Crippen molar-refractivity contribution in [1.82, 2.24) is 0 Å². The average molecular weight is 367 g/mol. The molecule has 0 spiro atoms. The Hall–Kier alpha value is -0.600. The fraction of sp³-hybridized carbons (Fsp3) is 0.833. The molecule has 26 heavy (non-hydrogen) atoms. The van der Waals surface area contributed by atoms with Gasteiger partial charge in [-0.1, -0.05) is 89.5 Å². The van der Waals surface area contributed by atoms with E-state index in [0.29, 0.717) is 6.79 Å². The lowest BCUT2D eigenvalue weighted by atomic mass is 10.1. The first-order valence-electron chi connectivity index (χ1n) is 11.4. The van der Waals surface area contributed by atoms with Gasteiger partial charge in [-0.15, -0.1) is 0 Å². The lowest BCUT2D eigenvalue weighted by Crippen LogP contribution is -2.02. The average Bonchev–Trinajstić information content (AvgIpc) is 2.66. The van der Waals surface area contributed by atoms with Gasteiger partial charge in [0.2, 0.25) is 0 Å². The van der Waals surface area contributed by atoms with Crippen molar-refractivity contribution in [3.8, 4) is 0 Å². The molecular formula is C24H46O2. The van der Waals surface area contributed by atoms with Gasteiger partial charge in [-0.3, -0.25) is 0 Å². The Bertz CT molecular complexity index is 297. The molecule has 0 aliphatic heterocycles. The molecule has 0 aliphatic carbocycles. The third-order valence-electron chi connectivity index (χ3n) is 4.54. The second kappa shape index (κ2) is 24.4. The number of allylic oxidation sites excluding steroid dienone is 3. The van der Waals surface area contributed by atoms with Crippen LogP contribution in [0.15, 0.2) is 24.3 Å². The molecule has 0 radical (unpaired) electrons. The van der Waals surface area contributed by atoms with Crippen molar-refractivity contribution in [2.45, 2.75) is 110 Å². The van der Waals surface area contributed by atoms with Crippen LogP contribution in [-0.2, 0) is 9.47 Å². The molecule has 0 aromatic heterocycles. The normalized spacial score (nSPS) is 11.9. The van der Waals surface area contributed by atoms with E-state index in [1.54, 1.807) is 0 Å². The van der Waals surface area contributed by atoms with Crippen molar-refractivity contribution in [3.63, 3.8) is 0 Å². The summed E-state index contributed by atoms with van der Waals surface area (Å²) >= 11 is 0. The molecule has 2 nitrogen and oxygen atoms in total.